The molecule has 0 aliphatic rings. The molecule has 1 aromatic rings. The van der Waals surface area contributed by atoms with E-state index in [0.717, 1.165) is 5.56 Å². The molecule has 0 aliphatic heterocycles. The summed E-state index contributed by atoms with van der Waals surface area (Å²) in [5.41, 5.74) is 5.01. The molecule has 0 radical (unpaired) electrons. The van der Waals surface area contributed by atoms with E-state index in [0.29, 0.717) is 0 Å². The summed E-state index contributed by atoms with van der Waals surface area (Å²) in [6, 6.07) is 6.05. The van der Waals surface area contributed by atoms with Crippen molar-refractivity contribution in [1.29, 1.82) is 0 Å². The number of nitrogens with one attached hydrogen (secondary N) is 2. The summed E-state index contributed by atoms with van der Waals surface area (Å²) < 4.78 is 10.1. The third kappa shape index (κ3) is 9.56. The monoisotopic (exact) mass is 409 g/mol. The molecule has 0 saturated carbocycles. The standard InChI is InChI=1S/C19H27N3O7/c1-19(2,3)29-18(27)22-13(9-15(20)24)16(25)21-14(10-23)17(26)28-11-12-7-5-4-6-8-12/h4-8,13-14,23H,9-11H2,1-3H3,(H2,20,24)(H,21,25)(H,22,27)/t13-,14-/m0/s1. The minimum Gasteiger partial charge on any atom is -0.459 e. The van der Waals surface area contributed by atoms with Gasteiger partial charge in [-0.1, -0.05) is 30.3 Å². The number of aliphatic hydroxyl groups is 1. The molecule has 0 aromatic heterocycles. The predicted molar refractivity (Wildman–Crippen MR) is 102 cm³/mol. The number of carbonyl (C=O) groups excluding carboxylic acids is 4. The van der Waals surface area contributed by atoms with Gasteiger partial charge in [0.1, 0.15) is 18.2 Å². The van der Waals surface area contributed by atoms with Gasteiger partial charge in [0.05, 0.1) is 13.0 Å². The van der Waals surface area contributed by atoms with E-state index in [-0.39, 0.29) is 6.61 Å². The Bertz CT molecular complexity index is 716. The smallest absolute Gasteiger partial charge is 0.408 e. The SMILES string of the molecule is CC(C)(C)OC(=O)N[C@@H](CC(N)=O)C(=O)N[C@@H](CO)C(=O)OCc1ccccc1. The third-order valence-electron chi connectivity index (χ3n) is 3.42. The van der Waals surface area contributed by atoms with Crippen molar-refractivity contribution in [1.82, 2.24) is 10.6 Å². The second-order valence-electron chi connectivity index (χ2n) is 7.21. The minimum absolute atomic E-state index is 0.0487. The summed E-state index contributed by atoms with van der Waals surface area (Å²) in [6.45, 7) is 4.09. The van der Waals surface area contributed by atoms with Crippen LogP contribution in [0.2, 0.25) is 0 Å². The molecule has 10 heteroatoms. The summed E-state index contributed by atoms with van der Waals surface area (Å²) in [5.74, 6) is -2.63. The van der Waals surface area contributed by atoms with E-state index in [1.54, 1.807) is 51.1 Å². The zero-order valence-corrected chi connectivity index (χ0v) is 16.6. The lowest BCUT2D eigenvalue weighted by atomic mass is 10.1. The molecule has 29 heavy (non-hydrogen) atoms. The van der Waals surface area contributed by atoms with E-state index in [9.17, 15) is 24.3 Å². The summed E-state index contributed by atoms with van der Waals surface area (Å²) >= 11 is 0. The number of amides is 3. The molecule has 10 nitrogen and oxygen atoms in total. The van der Waals surface area contributed by atoms with Crippen LogP contribution in [0.5, 0.6) is 0 Å². The van der Waals surface area contributed by atoms with Crippen LogP contribution in [0, 0.1) is 0 Å². The van der Waals surface area contributed by atoms with E-state index < -0.39 is 54.6 Å². The summed E-state index contributed by atoms with van der Waals surface area (Å²) in [4.78, 5) is 47.7. The maximum Gasteiger partial charge on any atom is 0.408 e. The Labute approximate surface area is 168 Å². The third-order valence-corrected chi connectivity index (χ3v) is 3.42. The molecular formula is C19H27N3O7. The van der Waals surface area contributed by atoms with Crippen LogP contribution >= 0.6 is 0 Å². The van der Waals surface area contributed by atoms with Crippen LogP contribution in [-0.4, -0.2) is 53.3 Å². The molecule has 0 spiro atoms. The van der Waals surface area contributed by atoms with Gasteiger partial charge in [0, 0.05) is 0 Å². The highest BCUT2D eigenvalue weighted by molar-refractivity contribution is 5.93. The molecule has 1 rings (SSSR count). The fourth-order valence-corrected chi connectivity index (χ4v) is 2.14. The van der Waals surface area contributed by atoms with Gasteiger partial charge in [-0.15, -0.1) is 0 Å². The molecule has 1 aromatic carbocycles. The molecule has 3 amide bonds. The van der Waals surface area contributed by atoms with Crippen LogP contribution in [0.3, 0.4) is 0 Å². The van der Waals surface area contributed by atoms with Gasteiger partial charge in [0.25, 0.3) is 0 Å². The Morgan fingerprint density at radius 2 is 1.69 bits per heavy atom. The first kappa shape index (κ1) is 23.9. The molecule has 5 N–H and O–H groups in total. The van der Waals surface area contributed by atoms with Crippen molar-refractivity contribution in [2.45, 2.75) is 51.5 Å². The van der Waals surface area contributed by atoms with Crippen molar-refractivity contribution >= 4 is 23.9 Å². The molecule has 160 valence electrons. The maximum atomic E-state index is 12.4. The molecule has 0 bridgehead atoms. The Morgan fingerprint density at radius 1 is 1.07 bits per heavy atom. The minimum atomic E-state index is -1.39. The van der Waals surface area contributed by atoms with Crippen molar-refractivity contribution in [3.05, 3.63) is 35.9 Å². The normalized spacial score (nSPS) is 13.0. The Balaban J connectivity index is 2.71. The van der Waals surface area contributed by atoms with Crippen molar-refractivity contribution in [3.63, 3.8) is 0 Å². The van der Waals surface area contributed by atoms with Gasteiger partial charge in [-0.05, 0) is 26.3 Å². The molecule has 0 saturated heterocycles. The van der Waals surface area contributed by atoms with Gasteiger partial charge in [-0.2, -0.15) is 0 Å². The van der Waals surface area contributed by atoms with Gasteiger partial charge in [0.15, 0.2) is 6.04 Å². The first-order valence-electron chi connectivity index (χ1n) is 8.91. The van der Waals surface area contributed by atoms with Crippen LogP contribution in [0.4, 0.5) is 4.79 Å². The first-order valence-corrected chi connectivity index (χ1v) is 8.91. The molecule has 0 heterocycles. The van der Waals surface area contributed by atoms with Crippen molar-refractivity contribution in [2.75, 3.05) is 6.61 Å². The van der Waals surface area contributed by atoms with Crippen molar-refractivity contribution < 1.29 is 33.8 Å². The number of alkyl carbamates (subject to hydrolysis) is 1. The highest BCUT2D eigenvalue weighted by Gasteiger charge is 2.29. The zero-order valence-electron chi connectivity index (χ0n) is 16.6. The van der Waals surface area contributed by atoms with Crippen LogP contribution in [0.1, 0.15) is 32.8 Å². The van der Waals surface area contributed by atoms with Gasteiger partial charge in [-0.25, -0.2) is 9.59 Å². The van der Waals surface area contributed by atoms with E-state index in [1.165, 1.54) is 0 Å². The Morgan fingerprint density at radius 3 is 2.21 bits per heavy atom. The first-order chi connectivity index (χ1) is 13.5. The Hall–Kier alpha value is -3.14. The lowest BCUT2D eigenvalue weighted by Gasteiger charge is -2.24. The molecular weight excluding hydrogens is 382 g/mol. The van der Waals surface area contributed by atoms with Gasteiger partial charge >= 0.3 is 12.1 Å². The number of primary amides is 1. The quantitative estimate of drug-likeness (QED) is 0.417. The number of carbonyl (C=O) groups is 4. The number of rotatable bonds is 9. The van der Waals surface area contributed by atoms with Crippen LogP contribution in [-0.2, 0) is 30.5 Å². The number of hydrogen-bond donors (Lipinski definition) is 4. The summed E-state index contributed by atoms with van der Waals surface area (Å²) in [7, 11) is 0. The zero-order chi connectivity index (χ0) is 22.0. The molecule has 0 unspecified atom stereocenters. The average molecular weight is 409 g/mol. The Kier molecular flexibility index (Phi) is 9.07. The van der Waals surface area contributed by atoms with Crippen LogP contribution in [0.25, 0.3) is 0 Å². The maximum absolute atomic E-state index is 12.4. The van der Waals surface area contributed by atoms with Crippen molar-refractivity contribution in [2.24, 2.45) is 5.73 Å². The highest BCUT2D eigenvalue weighted by Crippen LogP contribution is 2.08. The van der Waals surface area contributed by atoms with E-state index in [2.05, 4.69) is 10.6 Å². The molecule has 0 fully saturated rings. The topological polar surface area (TPSA) is 157 Å². The molecule has 2 atom stereocenters. The van der Waals surface area contributed by atoms with Gasteiger partial charge < -0.3 is 30.9 Å². The molecule has 0 aliphatic carbocycles. The highest BCUT2D eigenvalue weighted by atomic mass is 16.6. The lowest BCUT2D eigenvalue weighted by Crippen LogP contribution is -2.54. The van der Waals surface area contributed by atoms with Crippen molar-refractivity contribution in [3.8, 4) is 0 Å². The number of aliphatic hydroxyl groups excluding tert-OH is 1. The van der Waals surface area contributed by atoms with E-state index >= 15 is 0 Å². The number of benzene rings is 1. The second-order valence-corrected chi connectivity index (χ2v) is 7.21. The number of ether oxygens (including phenoxy) is 2. The number of esters is 1. The predicted octanol–water partition coefficient (Wildman–Crippen LogP) is -0.0244. The number of nitrogens with two attached hydrogens (primary N) is 1. The number of hydrogen-bond acceptors (Lipinski definition) is 7. The largest absolute Gasteiger partial charge is 0.459 e. The van der Waals surface area contributed by atoms with Gasteiger partial charge in [-0.3, -0.25) is 9.59 Å². The van der Waals surface area contributed by atoms with E-state index in [1.807, 2.05) is 0 Å². The van der Waals surface area contributed by atoms with E-state index in [4.69, 9.17) is 15.2 Å². The fraction of sp³-hybridized carbons (Fsp3) is 0.474. The summed E-state index contributed by atoms with van der Waals surface area (Å²) in [5, 5.41) is 13.9. The van der Waals surface area contributed by atoms with Crippen LogP contribution < -0.4 is 16.4 Å². The second kappa shape index (κ2) is 11.0. The lowest BCUT2D eigenvalue weighted by molar-refractivity contribution is -0.150. The summed E-state index contributed by atoms with van der Waals surface area (Å²) in [6.07, 6.45) is -1.46. The van der Waals surface area contributed by atoms with Gasteiger partial charge in [0.2, 0.25) is 11.8 Å². The fourth-order valence-electron chi connectivity index (χ4n) is 2.14. The van der Waals surface area contributed by atoms with Crippen LogP contribution in [0.15, 0.2) is 30.3 Å². The average Bonchev–Trinajstić information content (AvgIpc) is 2.62.